The molecule has 0 N–H and O–H groups in total. The smallest absolute Gasteiger partial charge is 0.0648 e. The van der Waals surface area contributed by atoms with Crippen LogP contribution in [-0.2, 0) is 0 Å². The quantitative estimate of drug-likeness (QED) is 0.338. The van der Waals surface area contributed by atoms with E-state index >= 15 is 0 Å². The van der Waals surface area contributed by atoms with E-state index in [1.807, 2.05) is 0 Å². The molecule has 0 unspecified atom stereocenters. The maximum Gasteiger partial charge on any atom is 0.0648 e. The van der Waals surface area contributed by atoms with E-state index in [4.69, 9.17) is 0 Å². The molecule has 0 atom stereocenters. The first-order valence-corrected chi connectivity index (χ1v) is 8.64. The SMILES string of the molecule is C=CC[Si](CC=C)(CC=C)CCCS. The van der Waals surface area contributed by atoms with Crippen LogP contribution in [0.4, 0.5) is 0 Å². The van der Waals surface area contributed by atoms with E-state index in [0.717, 1.165) is 5.75 Å². The van der Waals surface area contributed by atoms with Gasteiger partial charge in [0.25, 0.3) is 0 Å². The van der Waals surface area contributed by atoms with Crippen LogP contribution in [0, 0.1) is 0 Å². The van der Waals surface area contributed by atoms with Gasteiger partial charge in [0.2, 0.25) is 0 Å². The van der Waals surface area contributed by atoms with E-state index in [0.29, 0.717) is 0 Å². The Morgan fingerprint density at radius 3 is 1.64 bits per heavy atom. The van der Waals surface area contributed by atoms with Crippen molar-refractivity contribution in [1.29, 1.82) is 0 Å². The van der Waals surface area contributed by atoms with Crippen molar-refractivity contribution in [1.82, 2.24) is 0 Å². The van der Waals surface area contributed by atoms with Crippen molar-refractivity contribution in [2.24, 2.45) is 0 Å². The van der Waals surface area contributed by atoms with Gasteiger partial charge in [0, 0.05) is 0 Å². The van der Waals surface area contributed by atoms with Crippen molar-refractivity contribution >= 4 is 20.7 Å². The Bertz CT molecular complexity index is 160. The lowest BCUT2D eigenvalue weighted by molar-refractivity contribution is 1.04. The maximum atomic E-state index is 4.28. The van der Waals surface area contributed by atoms with E-state index in [9.17, 15) is 0 Å². The van der Waals surface area contributed by atoms with Crippen LogP contribution >= 0.6 is 12.6 Å². The molecular formula is C12H22SSi. The van der Waals surface area contributed by atoms with Crippen LogP contribution in [0.3, 0.4) is 0 Å². The van der Waals surface area contributed by atoms with Gasteiger partial charge in [0.05, 0.1) is 8.07 Å². The summed E-state index contributed by atoms with van der Waals surface area (Å²) in [6, 6.07) is 4.86. The minimum atomic E-state index is -1.22. The lowest BCUT2D eigenvalue weighted by Gasteiger charge is -2.28. The van der Waals surface area contributed by atoms with Gasteiger partial charge in [-0.25, -0.2) is 0 Å². The fourth-order valence-corrected chi connectivity index (χ4v) is 6.26. The van der Waals surface area contributed by atoms with Gasteiger partial charge in [0.1, 0.15) is 0 Å². The average Bonchev–Trinajstić information content (AvgIpc) is 2.16. The van der Waals surface area contributed by atoms with Crippen molar-refractivity contribution in [2.45, 2.75) is 30.6 Å². The summed E-state index contributed by atoms with van der Waals surface area (Å²) in [5, 5.41) is 0. The van der Waals surface area contributed by atoms with Crippen molar-refractivity contribution < 1.29 is 0 Å². The average molecular weight is 226 g/mol. The van der Waals surface area contributed by atoms with Gasteiger partial charge >= 0.3 is 0 Å². The van der Waals surface area contributed by atoms with E-state index in [-0.39, 0.29) is 0 Å². The van der Waals surface area contributed by atoms with Gasteiger partial charge in [-0.2, -0.15) is 12.6 Å². The summed E-state index contributed by atoms with van der Waals surface area (Å²) in [6.45, 7) is 11.6. The Morgan fingerprint density at radius 1 is 0.929 bits per heavy atom. The van der Waals surface area contributed by atoms with Gasteiger partial charge in [0.15, 0.2) is 0 Å². The van der Waals surface area contributed by atoms with Gasteiger partial charge in [-0.1, -0.05) is 24.3 Å². The molecule has 0 fully saturated rings. The highest BCUT2D eigenvalue weighted by molar-refractivity contribution is 7.80. The summed E-state index contributed by atoms with van der Waals surface area (Å²) in [4.78, 5) is 0. The summed E-state index contributed by atoms with van der Waals surface area (Å²) in [7, 11) is -1.22. The lowest BCUT2D eigenvalue weighted by atomic mass is 10.6. The largest absolute Gasteiger partial charge is 0.179 e. The van der Waals surface area contributed by atoms with Crippen molar-refractivity contribution in [3.8, 4) is 0 Å². The molecule has 0 heterocycles. The van der Waals surface area contributed by atoms with Crippen LogP contribution in [-0.4, -0.2) is 13.8 Å². The van der Waals surface area contributed by atoms with Crippen LogP contribution in [0.1, 0.15) is 6.42 Å². The Kier molecular flexibility index (Phi) is 8.00. The second-order valence-corrected chi connectivity index (χ2v) is 8.98. The zero-order chi connectivity index (χ0) is 10.9. The first-order valence-electron chi connectivity index (χ1n) is 5.18. The molecule has 0 bridgehead atoms. The number of hydrogen-bond donors (Lipinski definition) is 1. The van der Waals surface area contributed by atoms with Gasteiger partial charge in [-0.15, -0.1) is 19.7 Å². The topological polar surface area (TPSA) is 0 Å². The molecule has 2 heteroatoms. The van der Waals surface area contributed by atoms with E-state index in [1.54, 1.807) is 0 Å². The zero-order valence-electron chi connectivity index (χ0n) is 9.04. The van der Waals surface area contributed by atoms with E-state index in [2.05, 4.69) is 50.6 Å². The van der Waals surface area contributed by atoms with Crippen molar-refractivity contribution in [3.05, 3.63) is 38.0 Å². The monoisotopic (exact) mass is 226 g/mol. The molecule has 0 aliphatic carbocycles. The lowest BCUT2D eigenvalue weighted by Crippen LogP contribution is -2.31. The Labute approximate surface area is 95.2 Å². The predicted octanol–water partition coefficient (Wildman–Crippen LogP) is 4.31. The first kappa shape index (κ1) is 13.8. The second-order valence-electron chi connectivity index (χ2n) is 3.81. The molecule has 0 saturated carbocycles. The molecule has 0 spiro atoms. The third-order valence-corrected chi connectivity index (χ3v) is 7.79. The highest BCUT2D eigenvalue weighted by Gasteiger charge is 2.27. The molecule has 0 aliphatic rings. The fourth-order valence-electron chi connectivity index (χ4n) is 1.93. The first-order chi connectivity index (χ1) is 6.74. The zero-order valence-corrected chi connectivity index (χ0v) is 10.9. The molecule has 0 aromatic heterocycles. The maximum absolute atomic E-state index is 4.28. The molecular weight excluding hydrogens is 204 g/mol. The van der Waals surface area contributed by atoms with Gasteiger partial charge in [-0.3, -0.25) is 0 Å². The minimum absolute atomic E-state index is 0.986. The summed E-state index contributed by atoms with van der Waals surface area (Å²) in [5.41, 5.74) is 0. The highest BCUT2D eigenvalue weighted by atomic mass is 32.1. The molecule has 80 valence electrons. The van der Waals surface area contributed by atoms with Gasteiger partial charge in [-0.05, 0) is 30.3 Å². The number of hydrogen-bond acceptors (Lipinski definition) is 1. The van der Waals surface area contributed by atoms with Crippen LogP contribution in [0.15, 0.2) is 38.0 Å². The summed E-state index contributed by atoms with van der Waals surface area (Å²) >= 11 is 4.28. The number of thiol groups is 1. The Morgan fingerprint density at radius 2 is 1.36 bits per heavy atom. The number of rotatable bonds is 9. The Balaban J connectivity index is 4.43. The Hall–Kier alpha value is -0.213. The molecule has 0 amide bonds. The van der Waals surface area contributed by atoms with Crippen LogP contribution in [0.25, 0.3) is 0 Å². The third kappa shape index (κ3) is 4.87. The summed E-state index contributed by atoms with van der Waals surface area (Å²) < 4.78 is 0. The van der Waals surface area contributed by atoms with Crippen molar-refractivity contribution in [3.63, 3.8) is 0 Å². The minimum Gasteiger partial charge on any atom is -0.179 e. The molecule has 0 aromatic rings. The highest BCUT2D eigenvalue weighted by Crippen LogP contribution is 2.28. The third-order valence-electron chi connectivity index (χ3n) is 2.60. The number of allylic oxidation sites excluding steroid dienone is 3. The van der Waals surface area contributed by atoms with Crippen molar-refractivity contribution in [2.75, 3.05) is 5.75 Å². The normalized spacial score (nSPS) is 10.9. The molecule has 0 radical (unpaired) electrons. The van der Waals surface area contributed by atoms with E-state index < -0.39 is 8.07 Å². The molecule has 0 aliphatic heterocycles. The second kappa shape index (κ2) is 8.12. The molecule has 0 saturated heterocycles. The van der Waals surface area contributed by atoms with Crippen LogP contribution < -0.4 is 0 Å². The molecule has 0 nitrogen and oxygen atoms in total. The van der Waals surface area contributed by atoms with Crippen LogP contribution in [0.2, 0.25) is 24.2 Å². The molecule has 14 heavy (non-hydrogen) atoms. The standard InChI is InChI=1S/C12H22SSi/c1-4-9-14(10-5-2,11-6-3)12-7-8-13/h4-6,13H,1-3,7-12H2. The summed E-state index contributed by atoms with van der Waals surface area (Å²) in [6.07, 6.45) is 7.41. The van der Waals surface area contributed by atoms with Crippen LogP contribution in [0.5, 0.6) is 0 Å². The molecule has 0 aromatic carbocycles. The fraction of sp³-hybridized carbons (Fsp3) is 0.500. The molecule has 0 rings (SSSR count). The predicted molar refractivity (Wildman–Crippen MR) is 74.0 cm³/mol. The van der Waals surface area contributed by atoms with Gasteiger partial charge < -0.3 is 0 Å². The van der Waals surface area contributed by atoms with E-state index in [1.165, 1.54) is 30.6 Å². The summed E-state index contributed by atoms with van der Waals surface area (Å²) in [5.74, 6) is 0.986.